The van der Waals surface area contributed by atoms with Crippen molar-refractivity contribution in [3.63, 3.8) is 0 Å². The molecule has 1 N–H and O–H groups in total. The monoisotopic (exact) mass is 298 g/mol. The van der Waals surface area contributed by atoms with Crippen molar-refractivity contribution in [1.82, 2.24) is 0 Å². The van der Waals surface area contributed by atoms with E-state index < -0.39 is 11.2 Å². The number of allylic oxidation sites excluding steroid dienone is 1. The van der Waals surface area contributed by atoms with Gasteiger partial charge in [0.15, 0.2) is 0 Å². The molecular weight excluding hydrogens is 273 g/mol. The van der Waals surface area contributed by atoms with Crippen molar-refractivity contribution >= 4 is 13.2 Å². The zero-order valence-corrected chi connectivity index (χ0v) is 14.1. The topological polar surface area (TPSA) is 41.8 Å². The predicted octanol–water partition coefficient (Wildman–Crippen LogP) is 3.33. The number of dihydropyridines is 1. The van der Waals surface area contributed by atoms with Gasteiger partial charge in [0.25, 0.3) is 0 Å². The van der Waals surface area contributed by atoms with Gasteiger partial charge in [0, 0.05) is 6.54 Å². The molecule has 0 aromatic heterocycles. The first kappa shape index (κ1) is 17.0. The lowest BCUT2D eigenvalue weighted by atomic mass is 9.76. The average Bonchev–Trinajstić information content (AvgIpc) is 2.45. The van der Waals surface area contributed by atoms with Crippen molar-refractivity contribution in [3.05, 3.63) is 47.5 Å². The van der Waals surface area contributed by atoms with E-state index in [4.69, 9.17) is 4.65 Å². The maximum Gasteiger partial charge on any atom is 0.302 e. The van der Waals surface area contributed by atoms with Gasteiger partial charge >= 0.3 is 7.48 Å². The Kier molecular flexibility index (Phi) is 4.93. The Bertz CT molecular complexity index is 568. The molecule has 1 unspecified atom stereocenters. The summed E-state index contributed by atoms with van der Waals surface area (Å²) in [7, 11) is 1.78. The summed E-state index contributed by atoms with van der Waals surface area (Å²) in [4.78, 5) is 4.63. The van der Waals surface area contributed by atoms with Gasteiger partial charge in [0.1, 0.15) is 0 Å². The maximum atomic E-state index is 10.1. The van der Waals surface area contributed by atoms with E-state index >= 15 is 0 Å². The summed E-state index contributed by atoms with van der Waals surface area (Å²) < 4.78 is 5.79. The van der Waals surface area contributed by atoms with Crippen LogP contribution in [-0.2, 0) is 4.65 Å². The second kappa shape index (κ2) is 6.39. The van der Waals surface area contributed by atoms with E-state index in [1.165, 1.54) is 5.56 Å². The standard InChI is InChI=1S/C18H25BNO2/c1-13-6-8-14(9-7-13)16-11-10-15(12-20-16)19-22-18(4,5)17(2,3)21/h6-11,15,21H,12H2,1-5H3. The SMILES string of the molecule is Cc1ccc(C2=NCC([B]OC(C)(C)C(C)(C)O)C=C2)cc1. The summed E-state index contributed by atoms with van der Waals surface area (Å²) in [6.07, 6.45) is 4.14. The van der Waals surface area contributed by atoms with E-state index in [0.717, 1.165) is 11.3 Å². The first-order valence-corrected chi connectivity index (χ1v) is 7.72. The van der Waals surface area contributed by atoms with Gasteiger partial charge in [0.05, 0.1) is 16.9 Å². The number of hydrogen-bond acceptors (Lipinski definition) is 3. The molecule has 0 saturated carbocycles. The number of benzene rings is 1. The van der Waals surface area contributed by atoms with Gasteiger partial charge in [-0.05, 0) is 52.1 Å². The molecule has 1 aromatic carbocycles. The number of aliphatic hydroxyl groups is 1. The zero-order valence-electron chi connectivity index (χ0n) is 14.1. The molecule has 0 bridgehead atoms. The molecular formula is C18H25BNO2. The van der Waals surface area contributed by atoms with E-state index in [2.05, 4.69) is 42.3 Å². The highest BCUT2D eigenvalue weighted by Crippen LogP contribution is 2.26. The number of nitrogens with zero attached hydrogens (tertiary/aromatic N) is 1. The molecule has 1 atom stereocenters. The normalized spacial score (nSPS) is 19.0. The van der Waals surface area contributed by atoms with E-state index in [0.29, 0.717) is 6.54 Å². The van der Waals surface area contributed by atoms with Gasteiger partial charge in [-0.25, -0.2) is 0 Å². The van der Waals surface area contributed by atoms with Crippen molar-refractivity contribution in [2.24, 2.45) is 4.99 Å². The van der Waals surface area contributed by atoms with E-state index in [9.17, 15) is 5.11 Å². The third kappa shape index (κ3) is 4.08. The van der Waals surface area contributed by atoms with Crippen LogP contribution in [0.25, 0.3) is 0 Å². The lowest BCUT2D eigenvalue weighted by Gasteiger charge is -2.38. The molecule has 1 aromatic rings. The van der Waals surface area contributed by atoms with Crippen LogP contribution in [0.1, 0.15) is 38.8 Å². The van der Waals surface area contributed by atoms with E-state index in [1.807, 2.05) is 19.9 Å². The Morgan fingerprint density at radius 2 is 1.82 bits per heavy atom. The Labute approximate surface area is 134 Å². The lowest BCUT2D eigenvalue weighted by molar-refractivity contribution is -0.0907. The molecule has 1 radical (unpaired) electrons. The molecule has 1 aliphatic rings. The maximum absolute atomic E-state index is 10.1. The van der Waals surface area contributed by atoms with Crippen LogP contribution in [0, 0.1) is 6.92 Å². The zero-order chi connectivity index (χ0) is 16.4. The number of rotatable bonds is 5. The van der Waals surface area contributed by atoms with Gasteiger partial charge in [-0.1, -0.05) is 35.9 Å². The minimum absolute atomic E-state index is 0.135. The van der Waals surface area contributed by atoms with Crippen molar-refractivity contribution in [1.29, 1.82) is 0 Å². The largest absolute Gasteiger partial charge is 0.432 e. The van der Waals surface area contributed by atoms with Crippen LogP contribution >= 0.6 is 0 Å². The van der Waals surface area contributed by atoms with Crippen LogP contribution in [0.4, 0.5) is 0 Å². The molecule has 0 saturated heterocycles. The van der Waals surface area contributed by atoms with E-state index in [1.54, 1.807) is 21.3 Å². The molecule has 1 aliphatic heterocycles. The minimum atomic E-state index is -0.905. The smallest absolute Gasteiger partial charge is 0.302 e. The highest BCUT2D eigenvalue weighted by molar-refractivity contribution is 6.31. The van der Waals surface area contributed by atoms with Crippen molar-refractivity contribution in [3.8, 4) is 0 Å². The summed E-state index contributed by atoms with van der Waals surface area (Å²) >= 11 is 0. The second-order valence-electron chi connectivity index (χ2n) is 6.94. The number of hydrogen-bond donors (Lipinski definition) is 1. The summed E-state index contributed by atoms with van der Waals surface area (Å²) in [5.41, 5.74) is 1.85. The summed E-state index contributed by atoms with van der Waals surface area (Å²) in [6, 6.07) is 8.38. The lowest BCUT2D eigenvalue weighted by Crippen LogP contribution is -2.48. The predicted molar refractivity (Wildman–Crippen MR) is 92.7 cm³/mol. The molecule has 0 fully saturated rings. The molecule has 117 valence electrons. The van der Waals surface area contributed by atoms with Gasteiger partial charge in [-0.3, -0.25) is 4.99 Å². The van der Waals surface area contributed by atoms with Gasteiger partial charge < -0.3 is 9.76 Å². The van der Waals surface area contributed by atoms with Crippen molar-refractivity contribution in [2.45, 2.75) is 51.6 Å². The average molecular weight is 298 g/mol. The van der Waals surface area contributed by atoms with Crippen LogP contribution in [0.2, 0.25) is 5.82 Å². The molecule has 1 heterocycles. The fourth-order valence-electron chi connectivity index (χ4n) is 1.93. The van der Waals surface area contributed by atoms with Gasteiger partial charge in [-0.2, -0.15) is 0 Å². The molecule has 3 nitrogen and oxygen atoms in total. The van der Waals surface area contributed by atoms with Crippen LogP contribution in [-0.4, -0.2) is 36.0 Å². The quantitative estimate of drug-likeness (QED) is 0.847. The van der Waals surface area contributed by atoms with Gasteiger partial charge in [-0.15, -0.1) is 0 Å². The number of aryl methyl sites for hydroxylation is 1. The van der Waals surface area contributed by atoms with Crippen LogP contribution in [0.3, 0.4) is 0 Å². The van der Waals surface area contributed by atoms with Crippen LogP contribution in [0.5, 0.6) is 0 Å². The molecule has 2 rings (SSSR count). The summed E-state index contributed by atoms with van der Waals surface area (Å²) in [5.74, 6) is 0.135. The molecule has 4 heteroatoms. The summed E-state index contributed by atoms with van der Waals surface area (Å²) in [5, 5.41) is 10.1. The molecule has 22 heavy (non-hydrogen) atoms. The van der Waals surface area contributed by atoms with Crippen molar-refractivity contribution < 1.29 is 9.76 Å². The fourth-order valence-corrected chi connectivity index (χ4v) is 1.93. The highest BCUT2D eigenvalue weighted by Gasteiger charge is 2.36. The third-order valence-corrected chi connectivity index (χ3v) is 4.33. The molecule has 0 aliphatic carbocycles. The van der Waals surface area contributed by atoms with Crippen LogP contribution < -0.4 is 0 Å². The van der Waals surface area contributed by atoms with Gasteiger partial charge in [0.2, 0.25) is 0 Å². The fraction of sp³-hybridized carbons (Fsp3) is 0.500. The first-order valence-electron chi connectivity index (χ1n) is 7.72. The summed E-state index contributed by atoms with van der Waals surface area (Å²) in [6.45, 7) is 10.0. The Balaban J connectivity index is 1.92. The number of aliphatic imine (C=N–C) groups is 1. The Morgan fingerprint density at radius 3 is 2.32 bits per heavy atom. The Hall–Kier alpha value is -1.39. The minimum Gasteiger partial charge on any atom is -0.432 e. The molecule has 0 spiro atoms. The second-order valence-corrected chi connectivity index (χ2v) is 6.94. The first-order chi connectivity index (χ1) is 10.2. The Morgan fingerprint density at radius 1 is 1.18 bits per heavy atom. The third-order valence-electron chi connectivity index (χ3n) is 4.33. The highest BCUT2D eigenvalue weighted by atomic mass is 16.5. The van der Waals surface area contributed by atoms with Crippen molar-refractivity contribution in [2.75, 3.05) is 6.54 Å². The molecule has 0 amide bonds. The van der Waals surface area contributed by atoms with Crippen LogP contribution in [0.15, 0.2) is 41.4 Å². The van der Waals surface area contributed by atoms with E-state index in [-0.39, 0.29) is 5.82 Å².